The summed E-state index contributed by atoms with van der Waals surface area (Å²) in [5.74, 6) is 0.933. The molecule has 1 N–H and O–H groups in total. The van der Waals surface area contributed by atoms with Crippen molar-refractivity contribution in [3.05, 3.63) is 78.4 Å². The van der Waals surface area contributed by atoms with Crippen LogP contribution >= 0.6 is 12.2 Å². The fourth-order valence-electron chi connectivity index (χ4n) is 4.95. The van der Waals surface area contributed by atoms with E-state index in [0.717, 1.165) is 30.0 Å². The molecule has 1 saturated heterocycles. The van der Waals surface area contributed by atoms with Crippen LogP contribution in [0.25, 0.3) is 0 Å². The van der Waals surface area contributed by atoms with Gasteiger partial charge in [0, 0.05) is 29.8 Å². The van der Waals surface area contributed by atoms with E-state index in [-0.39, 0.29) is 12.1 Å². The van der Waals surface area contributed by atoms with E-state index in [1.54, 1.807) is 0 Å². The monoisotopic (exact) mass is 446 g/mol. The topological polar surface area (TPSA) is 42.3 Å². The summed E-state index contributed by atoms with van der Waals surface area (Å²) in [4.78, 5) is 6.88. The minimum absolute atomic E-state index is 0.00333. The lowest BCUT2D eigenvalue weighted by Gasteiger charge is -2.30. The molecule has 2 fully saturated rings. The van der Waals surface area contributed by atoms with Crippen molar-refractivity contribution in [1.82, 2.24) is 14.9 Å². The lowest BCUT2D eigenvalue weighted by Crippen LogP contribution is -2.30. The summed E-state index contributed by atoms with van der Waals surface area (Å²) < 4.78 is 8.50. The molecule has 6 heteroatoms. The van der Waals surface area contributed by atoms with Gasteiger partial charge in [-0.1, -0.05) is 6.07 Å². The Morgan fingerprint density at radius 3 is 2.50 bits per heavy atom. The molecule has 3 heterocycles. The second-order valence-corrected chi connectivity index (χ2v) is 9.34. The van der Waals surface area contributed by atoms with Crippen molar-refractivity contribution in [2.75, 3.05) is 4.90 Å². The number of anilines is 1. The zero-order chi connectivity index (χ0) is 22.1. The van der Waals surface area contributed by atoms with Crippen molar-refractivity contribution in [2.45, 2.75) is 63.8 Å². The van der Waals surface area contributed by atoms with Gasteiger partial charge < -0.3 is 19.5 Å². The predicted octanol–water partition coefficient (Wildman–Crippen LogP) is 5.96. The van der Waals surface area contributed by atoms with Gasteiger partial charge in [-0.2, -0.15) is 0 Å². The van der Waals surface area contributed by atoms with E-state index >= 15 is 0 Å². The first-order valence-electron chi connectivity index (χ1n) is 11.6. The molecule has 2 atom stereocenters. The third-order valence-electron chi connectivity index (χ3n) is 6.49. The highest BCUT2D eigenvalue weighted by Gasteiger charge is 2.42. The van der Waals surface area contributed by atoms with Crippen LogP contribution in [0.5, 0.6) is 5.75 Å². The Bertz CT molecular complexity index is 1060. The van der Waals surface area contributed by atoms with Crippen LogP contribution in [-0.4, -0.2) is 20.8 Å². The molecular weight excluding hydrogens is 416 g/mol. The molecule has 5 rings (SSSR count). The molecule has 0 bridgehead atoms. The van der Waals surface area contributed by atoms with Gasteiger partial charge in [-0.05, 0) is 100 Å². The lowest BCUT2D eigenvalue weighted by molar-refractivity contribution is 0.210. The van der Waals surface area contributed by atoms with Crippen molar-refractivity contribution >= 4 is 23.0 Å². The van der Waals surface area contributed by atoms with E-state index in [9.17, 15) is 0 Å². The molecule has 1 aliphatic heterocycles. The number of rotatable bonds is 6. The summed E-state index contributed by atoms with van der Waals surface area (Å²) in [7, 11) is 0. The van der Waals surface area contributed by atoms with E-state index in [1.165, 1.54) is 18.5 Å². The molecule has 0 amide bonds. The second kappa shape index (κ2) is 8.94. The molecule has 166 valence electrons. The molecule has 0 radical (unpaired) electrons. The summed E-state index contributed by atoms with van der Waals surface area (Å²) >= 11 is 5.85. The first kappa shape index (κ1) is 21.0. The van der Waals surface area contributed by atoms with Gasteiger partial charge in [-0.25, -0.2) is 0 Å². The maximum atomic E-state index is 6.18. The number of hydrogen-bond donors (Lipinski definition) is 1. The van der Waals surface area contributed by atoms with Gasteiger partial charge in [0.2, 0.25) is 0 Å². The average Bonchev–Trinajstić information content (AvgIpc) is 3.55. The normalized spacial score (nSPS) is 21.3. The highest BCUT2D eigenvalue weighted by atomic mass is 32.1. The number of thiocarbonyl (C=S) groups is 1. The Labute approximate surface area is 195 Å². The van der Waals surface area contributed by atoms with Crippen molar-refractivity contribution in [3.63, 3.8) is 0 Å². The highest BCUT2D eigenvalue weighted by Crippen LogP contribution is 2.42. The smallest absolute Gasteiger partial charge is 0.174 e. The molecule has 1 saturated carbocycles. The van der Waals surface area contributed by atoms with Gasteiger partial charge in [0.25, 0.3) is 0 Å². The third-order valence-corrected chi connectivity index (χ3v) is 6.80. The largest absolute Gasteiger partial charge is 0.490 e. The van der Waals surface area contributed by atoms with Gasteiger partial charge in [0.05, 0.1) is 17.8 Å². The minimum atomic E-state index is -0.0366. The van der Waals surface area contributed by atoms with Crippen LogP contribution in [0.3, 0.4) is 0 Å². The van der Waals surface area contributed by atoms with E-state index in [1.807, 2.05) is 18.3 Å². The first-order valence-corrected chi connectivity index (χ1v) is 12.0. The molecular formula is C26H30N4OS. The molecule has 2 aliphatic rings. The lowest BCUT2D eigenvalue weighted by atomic mass is 10.0. The Morgan fingerprint density at radius 2 is 1.81 bits per heavy atom. The Morgan fingerprint density at radius 1 is 1.03 bits per heavy atom. The van der Waals surface area contributed by atoms with E-state index in [2.05, 4.69) is 82.3 Å². The summed E-state index contributed by atoms with van der Waals surface area (Å²) in [5, 5.41) is 4.26. The summed E-state index contributed by atoms with van der Waals surface area (Å²) in [6, 6.07) is 19.0. The fourth-order valence-corrected chi connectivity index (χ4v) is 5.29. The maximum absolute atomic E-state index is 6.18. The van der Waals surface area contributed by atoms with Gasteiger partial charge in [0.1, 0.15) is 11.8 Å². The predicted molar refractivity (Wildman–Crippen MR) is 132 cm³/mol. The zero-order valence-electron chi connectivity index (χ0n) is 18.6. The molecule has 32 heavy (non-hydrogen) atoms. The van der Waals surface area contributed by atoms with Crippen molar-refractivity contribution in [3.8, 4) is 5.75 Å². The number of benzene rings is 1. The van der Waals surface area contributed by atoms with E-state index < -0.39 is 0 Å². The molecule has 0 unspecified atom stereocenters. The number of hydrogen-bond acceptors (Lipinski definition) is 3. The van der Waals surface area contributed by atoms with Gasteiger partial charge in [0.15, 0.2) is 5.11 Å². The van der Waals surface area contributed by atoms with Crippen LogP contribution in [0.4, 0.5) is 5.69 Å². The molecule has 3 aromatic rings. The molecule has 1 aromatic carbocycles. The number of aromatic nitrogens is 2. The van der Waals surface area contributed by atoms with Crippen LogP contribution in [0.1, 0.15) is 69.0 Å². The zero-order valence-corrected chi connectivity index (χ0v) is 19.5. The molecule has 0 spiro atoms. The SMILES string of the molecule is CC(C)n1cccc1[C@@H]1[C@H](c2ccccn2)NC(=S)N1c1ccc(OC2CCCC2)cc1. The summed E-state index contributed by atoms with van der Waals surface area (Å²) in [5.41, 5.74) is 3.26. The van der Waals surface area contributed by atoms with Crippen LogP contribution in [0, 0.1) is 0 Å². The second-order valence-electron chi connectivity index (χ2n) is 8.95. The van der Waals surface area contributed by atoms with Crippen molar-refractivity contribution in [2.24, 2.45) is 0 Å². The highest BCUT2D eigenvalue weighted by molar-refractivity contribution is 7.80. The summed E-state index contributed by atoms with van der Waals surface area (Å²) in [6.45, 7) is 4.42. The quantitative estimate of drug-likeness (QED) is 0.473. The number of nitrogens with one attached hydrogen (secondary N) is 1. The maximum Gasteiger partial charge on any atom is 0.174 e. The van der Waals surface area contributed by atoms with Crippen LogP contribution in [0.15, 0.2) is 67.0 Å². The third kappa shape index (κ3) is 3.99. The van der Waals surface area contributed by atoms with E-state index in [0.29, 0.717) is 17.3 Å². The first-order chi connectivity index (χ1) is 15.6. The minimum Gasteiger partial charge on any atom is -0.490 e. The van der Waals surface area contributed by atoms with Crippen molar-refractivity contribution < 1.29 is 4.74 Å². The van der Waals surface area contributed by atoms with Crippen LogP contribution in [0.2, 0.25) is 0 Å². The van der Waals surface area contributed by atoms with E-state index in [4.69, 9.17) is 17.0 Å². The number of ether oxygens (including phenoxy) is 1. The van der Waals surface area contributed by atoms with Gasteiger partial charge in [-0.15, -0.1) is 0 Å². The summed E-state index contributed by atoms with van der Waals surface area (Å²) in [6.07, 6.45) is 9.19. The van der Waals surface area contributed by atoms with Gasteiger partial charge in [-0.3, -0.25) is 4.98 Å². The van der Waals surface area contributed by atoms with Crippen LogP contribution < -0.4 is 15.0 Å². The van der Waals surface area contributed by atoms with Gasteiger partial charge >= 0.3 is 0 Å². The standard InChI is InChI=1S/C26H30N4OS/c1-18(2)29-17-7-11-23(29)25-24(22-10-5-6-16-27-22)28-26(32)30(25)19-12-14-21(15-13-19)31-20-8-3-4-9-20/h5-7,10-18,20,24-25H,3-4,8-9H2,1-2H3,(H,28,32)/t24-,25+/m0/s1. The van der Waals surface area contributed by atoms with Crippen LogP contribution in [-0.2, 0) is 0 Å². The molecule has 5 nitrogen and oxygen atoms in total. The molecule has 2 aromatic heterocycles. The molecule has 1 aliphatic carbocycles. The number of nitrogens with zero attached hydrogens (tertiary/aromatic N) is 3. The Hall–Kier alpha value is -2.86. The Balaban J connectivity index is 1.50. The Kier molecular flexibility index (Phi) is 5.87. The number of pyridine rings is 1. The average molecular weight is 447 g/mol. The fraction of sp³-hybridized carbons (Fsp3) is 0.385. The van der Waals surface area contributed by atoms with Crippen molar-refractivity contribution in [1.29, 1.82) is 0 Å².